The molecule has 1 aromatic carbocycles. The highest BCUT2D eigenvalue weighted by Crippen LogP contribution is 2.29. The zero-order chi connectivity index (χ0) is 12.7. The van der Waals surface area contributed by atoms with Gasteiger partial charge in [0, 0.05) is 28.4 Å². The second kappa shape index (κ2) is 3.73. The SMILES string of the molecule is Cc1[nH]c(C(N)=O)nc1-c1c[nH]c2ccccc12. The number of para-hydroxylation sites is 1. The van der Waals surface area contributed by atoms with Crippen LogP contribution in [0.3, 0.4) is 0 Å². The minimum Gasteiger partial charge on any atom is -0.363 e. The minimum absolute atomic E-state index is 0.188. The highest BCUT2D eigenvalue weighted by molar-refractivity contribution is 5.96. The number of aromatic nitrogens is 3. The molecule has 0 radical (unpaired) electrons. The number of primary amides is 1. The quantitative estimate of drug-likeness (QED) is 0.639. The standard InChI is InChI=1S/C13H12N4O/c1-7-11(17-13(16-7)12(14)18)9-6-15-10-5-3-2-4-8(9)10/h2-6,15H,1H3,(H2,14,18)(H,16,17). The van der Waals surface area contributed by atoms with Crippen LogP contribution in [-0.4, -0.2) is 20.9 Å². The van der Waals surface area contributed by atoms with Crippen molar-refractivity contribution in [1.82, 2.24) is 15.0 Å². The number of imidazole rings is 1. The molecule has 5 heteroatoms. The Labute approximate surface area is 103 Å². The van der Waals surface area contributed by atoms with Gasteiger partial charge in [-0.05, 0) is 13.0 Å². The lowest BCUT2D eigenvalue weighted by Crippen LogP contribution is -2.12. The number of nitrogens with two attached hydrogens (primary N) is 1. The molecule has 3 rings (SSSR count). The maximum absolute atomic E-state index is 11.1. The number of nitrogens with zero attached hydrogens (tertiary/aromatic N) is 1. The molecule has 0 saturated carbocycles. The molecule has 0 aliphatic rings. The summed E-state index contributed by atoms with van der Waals surface area (Å²) in [5, 5.41) is 1.07. The lowest BCUT2D eigenvalue weighted by atomic mass is 10.1. The Balaban J connectivity index is 2.23. The van der Waals surface area contributed by atoms with Crippen molar-refractivity contribution in [2.24, 2.45) is 5.73 Å². The second-order valence-electron chi connectivity index (χ2n) is 4.17. The van der Waals surface area contributed by atoms with Crippen LogP contribution in [0.1, 0.15) is 16.3 Å². The maximum atomic E-state index is 11.1. The number of aryl methyl sites for hydroxylation is 1. The van der Waals surface area contributed by atoms with Gasteiger partial charge >= 0.3 is 0 Å². The highest BCUT2D eigenvalue weighted by atomic mass is 16.1. The van der Waals surface area contributed by atoms with E-state index in [-0.39, 0.29) is 5.82 Å². The number of carbonyl (C=O) groups excluding carboxylic acids is 1. The fraction of sp³-hybridized carbons (Fsp3) is 0.0769. The van der Waals surface area contributed by atoms with E-state index in [1.165, 1.54) is 0 Å². The van der Waals surface area contributed by atoms with E-state index in [0.29, 0.717) is 0 Å². The van der Waals surface area contributed by atoms with Crippen molar-refractivity contribution >= 4 is 16.8 Å². The molecular weight excluding hydrogens is 228 g/mol. The molecule has 0 saturated heterocycles. The van der Waals surface area contributed by atoms with E-state index in [4.69, 9.17) is 5.73 Å². The number of nitrogens with one attached hydrogen (secondary N) is 2. The van der Waals surface area contributed by atoms with Gasteiger partial charge in [0.2, 0.25) is 0 Å². The summed E-state index contributed by atoms with van der Waals surface area (Å²) in [5.74, 6) is -0.364. The largest absolute Gasteiger partial charge is 0.363 e. The van der Waals surface area contributed by atoms with Crippen LogP contribution in [0.5, 0.6) is 0 Å². The third-order valence-corrected chi connectivity index (χ3v) is 2.96. The van der Waals surface area contributed by atoms with E-state index in [9.17, 15) is 4.79 Å². The first kappa shape index (κ1) is 10.6. The number of benzene rings is 1. The van der Waals surface area contributed by atoms with Crippen molar-refractivity contribution in [3.8, 4) is 11.3 Å². The number of carbonyl (C=O) groups is 1. The fourth-order valence-corrected chi connectivity index (χ4v) is 2.11. The summed E-state index contributed by atoms with van der Waals surface area (Å²) in [6, 6.07) is 7.94. The molecule has 2 heterocycles. The average molecular weight is 240 g/mol. The van der Waals surface area contributed by atoms with Crippen LogP contribution in [-0.2, 0) is 0 Å². The van der Waals surface area contributed by atoms with Crippen LogP contribution in [0.25, 0.3) is 22.2 Å². The summed E-state index contributed by atoms with van der Waals surface area (Å²) in [7, 11) is 0. The lowest BCUT2D eigenvalue weighted by Gasteiger charge is -1.95. The number of amides is 1. The van der Waals surface area contributed by atoms with E-state index in [1.807, 2.05) is 37.4 Å². The molecule has 0 fully saturated rings. The van der Waals surface area contributed by atoms with Crippen LogP contribution in [0.2, 0.25) is 0 Å². The normalized spacial score (nSPS) is 10.9. The molecule has 0 atom stereocenters. The van der Waals surface area contributed by atoms with Crippen LogP contribution in [0.15, 0.2) is 30.5 Å². The van der Waals surface area contributed by atoms with Crippen molar-refractivity contribution in [3.63, 3.8) is 0 Å². The first-order valence-corrected chi connectivity index (χ1v) is 5.59. The number of hydrogen-bond acceptors (Lipinski definition) is 2. The van der Waals surface area contributed by atoms with Crippen LogP contribution in [0, 0.1) is 6.92 Å². The predicted octanol–water partition coefficient (Wildman–Crippen LogP) is 1.97. The Hall–Kier alpha value is -2.56. The molecule has 0 bridgehead atoms. The van der Waals surface area contributed by atoms with Crippen LogP contribution >= 0.6 is 0 Å². The number of aromatic amines is 2. The van der Waals surface area contributed by atoms with E-state index in [2.05, 4.69) is 15.0 Å². The molecule has 4 N–H and O–H groups in total. The lowest BCUT2D eigenvalue weighted by molar-refractivity contribution is 0.0991. The van der Waals surface area contributed by atoms with Crippen LogP contribution in [0.4, 0.5) is 0 Å². The number of rotatable bonds is 2. The molecule has 2 aromatic heterocycles. The smallest absolute Gasteiger partial charge is 0.284 e. The summed E-state index contributed by atoms with van der Waals surface area (Å²) in [6.07, 6.45) is 1.89. The average Bonchev–Trinajstić information content (AvgIpc) is 2.92. The Morgan fingerprint density at radius 1 is 1.33 bits per heavy atom. The van der Waals surface area contributed by atoms with Crippen molar-refractivity contribution < 1.29 is 4.79 Å². The van der Waals surface area contributed by atoms with Gasteiger partial charge in [0.25, 0.3) is 5.91 Å². The number of fused-ring (bicyclic) bond motifs is 1. The Kier molecular flexibility index (Phi) is 2.19. The van der Waals surface area contributed by atoms with Gasteiger partial charge in [0.05, 0.1) is 5.69 Å². The Bertz CT molecular complexity index is 738. The van der Waals surface area contributed by atoms with Crippen molar-refractivity contribution in [3.05, 3.63) is 42.0 Å². The van der Waals surface area contributed by atoms with Gasteiger partial charge in [-0.15, -0.1) is 0 Å². The fourth-order valence-electron chi connectivity index (χ4n) is 2.11. The Morgan fingerprint density at radius 2 is 2.11 bits per heavy atom. The topological polar surface area (TPSA) is 87.6 Å². The van der Waals surface area contributed by atoms with Gasteiger partial charge in [-0.2, -0.15) is 0 Å². The molecule has 1 amide bonds. The molecule has 18 heavy (non-hydrogen) atoms. The number of hydrogen-bond donors (Lipinski definition) is 3. The number of H-pyrrole nitrogens is 2. The summed E-state index contributed by atoms with van der Waals surface area (Å²) in [4.78, 5) is 21.5. The molecule has 0 aliphatic heterocycles. The molecule has 0 aliphatic carbocycles. The second-order valence-corrected chi connectivity index (χ2v) is 4.17. The highest BCUT2D eigenvalue weighted by Gasteiger charge is 2.15. The van der Waals surface area contributed by atoms with Crippen molar-refractivity contribution in [1.29, 1.82) is 0 Å². The molecule has 0 spiro atoms. The van der Waals surface area contributed by atoms with E-state index < -0.39 is 5.91 Å². The molecular formula is C13H12N4O. The Morgan fingerprint density at radius 3 is 2.83 bits per heavy atom. The van der Waals surface area contributed by atoms with Gasteiger partial charge in [-0.25, -0.2) is 4.98 Å². The third-order valence-electron chi connectivity index (χ3n) is 2.96. The minimum atomic E-state index is -0.552. The summed E-state index contributed by atoms with van der Waals surface area (Å²) in [5.41, 5.74) is 8.80. The van der Waals surface area contributed by atoms with E-state index >= 15 is 0 Å². The monoisotopic (exact) mass is 240 g/mol. The molecule has 0 unspecified atom stereocenters. The summed E-state index contributed by atoms with van der Waals surface area (Å²) >= 11 is 0. The molecule has 3 aromatic rings. The molecule has 90 valence electrons. The zero-order valence-corrected chi connectivity index (χ0v) is 9.82. The van der Waals surface area contributed by atoms with Crippen molar-refractivity contribution in [2.45, 2.75) is 6.92 Å². The van der Waals surface area contributed by atoms with Crippen LogP contribution < -0.4 is 5.73 Å². The first-order valence-electron chi connectivity index (χ1n) is 5.59. The maximum Gasteiger partial charge on any atom is 0.284 e. The van der Waals surface area contributed by atoms with E-state index in [0.717, 1.165) is 27.9 Å². The predicted molar refractivity (Wildman–Crippen MR) is 69.1 cm³/mol. The first-order chi connectivity index (χ1) is 8.66. The van der Waals surface area contributed by atoms with Crippen molar-refractivity contribution in [2.75, 3.05) is 0 Å². The zero-order valence-electron chi connectivity index (χ0n) is 9.82. The summed E-state index contributed by atoms with van der Waals surface area (Å²) < 4.78 is 0. The summed E-state index contributed by atoms with van der Waals surface area (Å²) in [6.45, 7) is 1.87. The van der Waals surface area contributed by atoms with E-state index in [1.54, 1.807) is 0 Å². The van der Waals surface area contributed by atoms with Gasteiger partial charge in [0.15, 0.2) is 5.82 Å². The third kappa shape index (κ3) is 1.48. The van der Waals surface area contributed by atoms with Gasteiger partial charge in [-0.3, -0.25) is 4.79 Å². The molecule has 5 nitrogen and oxygen atoms in total. The van der Waals surface area contributed by atoms with Gasteiger partial charge < -0.3 is 15.7 Å². The van der Waals surface area contributed by atoms with Gasteiger partial charge in [0.1, 0.15) is 0 Å². The van der Waals surface area contributed by atoms with Gasteiger partial charge in [-0.1, -0.05) is 18.2 Å².